The van der Waals surface area contributed by atoms with Crippen molar-refractivity contribution in [2.45, 2.75) is 19.8 Å². The van der Waals surface area contributed by atoms with Crippen LogP contribution in [0.2, 0.25) is 0 Å². The fourth-order valence-corrected chi connectivity index (χ4v) is 2.78. The predicted octanol–water partition coefficient (Wildman–Crippen LogP) is 2.94. The van der Waals surface area contributed by atoms with Crippen molar-refractivity contribution in [2.24, 2.45) is 7.05 Å². The topological polar surface area (TPSA) is 107 Å². The van der Waals surface area contributed by atoms with Crippen LogP contribution in [-0.2, 0) is 19.9 Å². The zero-order valence-electron chi connectivity index (χ0n) is 15.3. The first-order valence-corrected chi connectivity index (χ1v) is 8.50. The van der Waals surface area contributed by atoms with Crippen LogP contribution < -0.4 is 10.4 Å². The summed E-state index contributed by atoms with van der Waals surface area (Å²) < 4.78 is 22.3. The lowest BCUT2D eigenvalue weighted by Gasteiger charge is -2.14. The minimum absolute atomic E-state index is 0.0273. The zero-order valence-corrected chi connectivity index (χ0v) is 15.3. The minimum atomic E-state index is -0.573. The third-order valence-corrected chi connectivity index (χ3v) is 4.35. The summed E-state index contributed by atoms with van der Waals surface area (Å²) in [5.74, 6) is 0.0426. The Morgan fingerprint density at radius 2 is 1.82 bits per heavy atom. The lowest BCUT2D eigenvalue weighted by molar-refractivity contribution is 0.433. The van der Waals surface area contributed by atoms with E-state index in [0.29, 0.717) is 23.4 Å². The van der Waals surface area contributed by atoms with Crippen molar-refractivity contribution in [3.63, 3.8) is 0 Å². The van der Waals surface area contributed by atoms with Crippen molar-refractivity contribution in [1.82, 2.24) is 14.8 Å². The number of nitrogens with one attached hydrogen (secondary N) is 1. The number of aromatic amines is 1. The van der Waals surface area contributed by atoms with Crippen LogP contribution in [0.25, 0.3) is 0 Å². The monoisotopic (exact) mass is 377 g/mol. The van der Waals surface area contributed by atoms with E-state index in [0.717, 1.165) is 0 Å². The number of rotatable bonds is 5. The summed E-state index contributed by atoms with van der Waals surface area (Å²) in [5.41, 5.74) is 1.06. The van der Waals surface area contributed by atoms with Gasteiger partial charge in [-0.2, -0.15) is 15.6 Å². The van der Waals surface area contributed by atoms with E-state index in [1.54, 1.807) is 19.2 Å². The molecule has 3 aromatic rings. The molecule has 0 saturated heterocycles. The van der Waals surface area contributed by atoms with Crippen LogP contribution in [0.4, 0.5) is 4.39 Å². The van der Waals surface area contributed by atoms with E-state index in [1.807, 2.05) is 19.1 Å². The first-order chi connectivity index (χ1) is 13.5. The SMILES string of the molecule is CCc1ccc(Cc2n[nH]c(=O)n2C)c(F)c1Oc1cc(C#N)cc(C#N)c1. The average molecular weight is 377 g/mol. The number of hydrogen-bond acceptors (Lipinski definition) is 5. The second-order valence-electron chi connectivity index (χ2n) is 6.13. The fourth-order valence-electron chi connectivity index (χ4n) is 2.78. The van der Waals surface area contributed by atoms with Gasteiger partial charge in [0, 0.05) is 13.5 Å². The zero-order chi connectivity index (χ0) is 20.3. The molecular formula is C20H16FN5O2. The molecule has 0 radical (unpaired) electrons. The first kappa shape index (κ1) is 18.9. The fraction of sp³-hybridized carbons (Fsp3) is 0.200. The van der Waals surface area contributed by atoms with Crippen molar-refractivity contribution in [3.05, 3.63) is 74.7 Å². The quantitative estimate of drug-likeness (QED) is 0.735. The van der Waals surface area contributed by atoms with Crippen molar-refractivity contribution >= 4 is 0 Å². The van der Waals surface area contributed by atoms with Gasteiger partial charge in [-0.3, -0.25) is 4.57 Å². The van der Waals surface area contributed by atoms with Gasteiger partial charge in [-0.1, -0.05) is 19.1 Å². The molecule has 140 valence electrons. The number of hydrogen-bond donors (Lipinski definition) is 1. The molecule has 0 amide bonds. The van der Waals surface area contributed by atoms with Gasteiger partial charge in [-0.05, 0) is 35.7 Å². The Hall–Kier alpha value is -3.91. The highest BCUT2D eigenvalue weighted by atomic mass is 19.1. The van der Waals surface area contributed by atoms with Gasteiger partial charge in [0.25, 0.3) is 0 Å². The molecule has 0 spiro atoms. The number of aromatic nitrogens is 3. The van der Waals surface area contributed by atoms with E-state index in [1.165, 1.54) is 22.8 Å². The average Bonchev–Trinajstić information content (AvgIpc) is 3.02. The second-order valence-corrected chi connectivity index (χ2v) is 6.13. The van der Waals surface area contributed by atoms with E-state index < -0.39 is 5.82 Å². The molecule has 0 aliphatic carbocycles. The highest BCUT2D eigenvalue weighted by molar-refractivity contribution is 5.49. The molecule has 0 atom stereocenters. The van der Waals surface area contributed by atoms with E-state index in [4.69, 9.17) is 15.3 Å². The van der Waals surface area contributed by atoms with Crippen LogP contribution in [0.1, 0.15) is 35.0 Å². The van der Waals surface area contributed by atoms with Gasteiger partial charge in [0.15, 0.2) is 11.6 Å². The number of benzene rings is 2. The Kier molecular flexibility index (Phi) is 5.23. The van der Waals surface area contributed by atoms with Crippen LogP contribution in [0.3, 0.4) is 0 Å². The molecular weight excluding hydrogens is 361 g/mol. The van der Waals surface area contributed by atoms with Crippen molar-refractivity contribution < 1.29 is 9.13 Å². The maximum absolute atomic E-state index is 15.2. The van der Waals surface area contributed by atoms with Crippen LogP contribution in [-0.4, -0.2) is 14.8 Å². The summed E-state index contributed by atoms with van der Waals surface area (Å²) in [6, 6.07) is 11.6. The van der Waals surface area contributed by atoms with E-state index in [-0.39, 0.29) is 34.7 Å². The van der Waals surface area contributed by atoms with Gasteiger partial charge in [0.1, 0.15) is 11.6 Å². The van der Waals surface area contributed by atoms with Gasteiger partial charge in [0.2, 0.25) is 0 Å². The van der Waals surface area contributed by atoms with Crippen LogP contribution >= 0.6 is 0 Å². The summed E-state index contributed by atoms with van der Waals surface area (Å²) in [7, 11) is 1.55. The molecule has 3 rings (SSSR count). The normalized spacial score (nSPS) is 10.3. The number of halogens is 1. The largest absolute Gasteiger partial charge is 0.454 e. The van der Waals surface area contributed by atoms with Crippen molar-refractivity contribution in [1.29, 1.82) is 10.5 Å². The van der Waals surface area contributed by atoms with Crippen LogP contribution in [0.15, 0.2) is 35.1 Å². The van der Waals surface area contributed by atoms with Crippen LogP contribution in [0.5, 0.6) is 11.5 Å². The molecule has 8 heteroatoms. The number of aryl methyl sites for hydroxylation is 1. The molecule has 1 heterocycles. The molecule has 28 heavy (non-hydrogen) atoms. The molecule has 0 unspecified atom stereocenters. The molecule has 0 aliphatic rings. The highest BCUT2D eigenvalue weighted by Crippen LogP contribution is 2.32. The molecule has 1 aromatic heterocycles. The van der Waals surface area contributed by atoms with Crippen LogP contribution in [0, 0.1) is 28.5 Å². The highest BCUT2D eigenvalue weighted by Gasteiger charge is 2.18. The number of nitriles is 2. The maximum Gasteiger partial charge on any atom is 0.343 e. The lowest BCUT2D eigenvalue weighted by Crippen LogP contribution is -2.15. The summed E-state index contributed by atoms with van der Waals surface area (Å²) in [5, 5.41) is 24.4. The minimum Gasteiger partial charge on any atom is -0.454 e. The number of nitrogens with zero attached hydrogens (tertiary/aromatic N) is 4. The van der Waals surface area contributed by atoms with Gasteiger partial charge in [-0.15, -0.1) is 0 Å². The van der Waals surface area contributed by atoms with Gasteiger partial charge in [-0.25, -0.2) is 14.3 Å². The summed E-state index contributed by atoms with van der Waals surface area (Å²) in [6.45, 7) is 1.87. The third-order valence-electron chi connectivity index (χ3n) is 4.35. The van der Waals surface area contributed by atoms with E-state index in [9.17, 15) is 4.79 Å². The molecule has 0 bridgehead atoms. The first-order valence-electron chi connectivity index (χ1n) is 8.50. The second kappa shape index (κ2) is 7.77. The standard InChI is InChI=1S/C20H16FN5O2/c1-3-14-4-5-15(9-17-24-25-20(27)26(17)2)18(21)19(14)28-16-7-12(10-22)6-13(8-16)11-23/h4-8H,3,9H2,1-2H3,(H,25,27). The van der Waals surface area contributed by atoms with E-state index in [2.05, 4.69) is 10.2 Å². The Balaban J connectivity index is 2.03. The predicted molar refractivity (Wildman–Crippen MR) is 98.4 cm³/mol. The van der Waals surface area contributed by atoms with Gasteiger partial charge >= 0.3 is 5.69 Å². The van der Waals surface area contributed by atoms with Gasteiger partial charge in [0.05, 0.1) is 23.3 Å². The third kappa shape index (κ3) is 3.62. The molecule has 1 N–H and O–H groups in total. The Morgan fingerprint density at radius 1 is 1.18 bits per heavy atom. The Labute approximate surface area is 160 Å². The molecule has 7 nitrogen and oxygen atoms in total. The number of H-pyrrole nitrogens is 1. The van der Waals surface area contributed by atoms with E-state index >= 15 is 4.39 Å². The van der Waals surface area contributed by atoms with Gasteiger partial charge < -0.3 is 4.74 Å². The van der Waals surface area contributed by atoms with Crippen molar-refractivity contribution in [3.8, 4) is 23.6 Å². The number of ether oxygens (including phenoxy) is 1. The lowest BCUT2D eigenvalue weighted by atomic mass is 10.0. The Bertz CT molecular complexity index is 1150. The summed E-state index contributed by atoms with van der Waals surface area (Å²) >= 11 is 0. The molecule has 0 aliphatic heterocycles. The molecule has 0 fully saturated rings. The Morgan fingerprint density at radius 3 is 2.36 bits per heavy atom. The summed E-state index contributed by atoms with van der Waals surface area (Å²) in [4.78, 5) is 11.5. The molecule has 2 aromatic carbocycles. The molecule has 0 saturated carbocycles. The summed E-state index contributed by atoms with van der Waals surface area (Å²) in [6.07, 6.45) is 0.625. The van der Waals surface area contributed by atoms with Crippen molar-refractivity contribution in [2.75, 3.05) is 0 Å². The maximum atomic E-state index is 15.2. The smallest absolute Gasteiger partial charge is 0.343 e.